The summed E-state index contributed by atoms with van der Waals surface area (Å²) in [4.78, 5) is 9.01. The van der Waals surface area contributed by atoms with Gasteiger partial charge < -0.3 is 15.1 Å². The second kappa shape index (κ2) is 9.02. The molecule has 7 heteroatoms. The van der Waals surface area contributed by atoms with Crippen LogP contribution < -0.4 is 10.6 Å². The molecule has 0 radical (unpaired) electrons. The third kappa shape index (κ3) is 5.20. The predicted molar refractivity (Wildman–Crippen MR) is 106 cm³/mol. The number of aryl methyl sites for hydroxylation is 1. The highest BCUT2D eigenvalue weighted by atomic mass is 16.3. The van der Waals surface area contributed by atoms with Crippen LogP contribution in [0.3, 0.4) is 0 Å². The Bertz CT molecular complexity index is 868. The highest BCUT2D eigenvalue weighted by Gasteiger charge is 2.09. The lowest BCUT2D eigenvalue weighted by Crippen LogP contribution is -2.39. The zero-order valence-electron chi connectivity index (χ0n) is 16.0. The minimum absolute atomic E-state index is 0.379. The number of hydrogen-bond acceptors (Lipinski definition) is 4. The van der Waals surface area contributed by atoms with Crippen LogP contribution in [0.15, 0.2) is 52.1 Å². The van der Waals surface area contributed by atoms with Crippen LogP contribution in [-0.4, -0.2) is 34.2 Å². The lowest BCUT2D eigenvalue weighted by atomic mass is 9.99. The monoisotopic (exact) mass is 366 g/mol. The second-order valence-corrected chi connectivity index (χ2v) is 6.47. The van der Waals surface area contributed by atoms with Crippen LogP contribution in [0.1, 0.15) is 36.7 Å². The molecule has 0 aliphatic heterocycles. The molecular weight excluding hydrogens is 340 g/mol. The number of benzene rings is 1. The van der Waals surface area contributed by atoms with Gasteiger partial charge in [-0.05, 0) is 37.5 Å². The van der Waals surface area contributed by atoms with E-state index < -0.39 is 0 Å². The lowest BCUT2D eigenvalue weighted by Gasteiger charge is -2.16. The number of H-pyrrole nitrogens is 1. The van der Waals surface area contributed by atoms with Crippen molar-refractivity contribution in [1.29, 1.82) is 0 Å². The Balaban J connectivity index is 1.59. The van der Waals surface area contributed by atoms with Crippen molar-refractivity contribution in [3.05, 3.63) is 59.6 Å². The zero-order chi connectivity index (χ0) is 19.1. The third-order valence-electron chi connectivity index (χ3n) is 4.19. The van der Waals surface area contributed by atoms with Gasteiger partial charge in [-0.15, -0.1) is 5.10 Å². The summed E-state index contributed by atoms with van der Waals surface area (Å²) in [5.74, 6) is 3.00. The fourth-order valence-electron chi connectivity index (χ4n) is 2.72. The molecule has 0 aliphatic carbocycles. The SMILES string of the molecule is CCNC(=NCc1nc(-c2ccco2)n[nH]1)NCC(C)c1cccc(C)c1. The van der Waals surface area contributed by atoms with E-state index in [0.29, 0.717) is 29.9 Å². The first-order valence-electron chi connectivity index (χ1n) is 9.19. The van der Waals surface area contributed by atoms with Gasteiger partial charge >= 0.3 is 0 Å². The number of aromatic nitrogens is 3. The van der Waals surface area contributed by atoms with Crippen molar-refractivity contribution < 1.29 is 4.42 Å². The van der Waals surface area contributed by atoms with E-state index in [1.54, 1.807) is 6.26 Å². The van der Waals surface area contributed by atoms with Crippen LogP contribution in [0.4, 0.5) is 0 Å². The van der Waals surface area contributed by atoms with Crippen molar-refractivity contribution in [2.24, 2.45) is 4.99 Å². The van der Waals surface area contributed by atoms with Gasteiger partial charge in [0.15, 0.2) is 11.7 Å². The first kappa shape index (κ1) is 18.7. The van der Waals surface area contributed by atoms with E-state index in [4.69, 9.17) is 4.42 Å². The van der Waals surface area contributed by atoms with Crippen LogP contribution in [0, 0.1) is 6.92 Å². The Hall–Kier alpha value is -3.09. The molecule has 3 rings (SSSR count). The van der Waals surface area contributed by atoms with Gasteiger partial charge in [-0.3, -0.25) is 5.10 Å². The first-order valence-corrected chi connectivity index (χ1v) is 9.19. The Morgan fingerprint density at radius 2 is 2.15 bits per heavy atom. The van der Waals surface area contributed by atoms with Crippen molar-refractivity contribution in [2.75, 3.05) is 13.1 Å². The topological polar surface area (TPSA) is 91.1 Å². The smallest absolute Gasteiger partial charge is 0.216 e. The second-order valence-electron chi connectivity index (χ2n) is 6.47. The van der Waals surface area contributed by atoms with Crippen LogP contribution in [0.5, 0.6) is 0 Å². The molecule has 0 fully saturated rings. The molecule has 27 heavy (non-hydrogen) atoms. The molecule has 0 bridgehead atoms. The van der Waals surface area contributed by atoms with E-state index in [1.807, 2.05) is 19.1 Å². The van der Waals surface area contributed by atoms with Crippen molar-refractivity contribution >= 4 is 5.96 Å². The quantitative estimate of drug-likeness (QED) is 0.441. The summed E-state index contributed by atoms with van der Waals surface area (Å²) in [7, 11) is 0. The van der Waals surface area contributed by atoms with E-state index in [9.17, 15) is 0 Å². The number of aromatic amines is 1. The molecule has 1 atom stereocenters. The molecular formula is C20H26N6O. The van der Waals surface area contributed by atoms with Gasteiger partial charge in [0.05, 0.1) is 6.26 Å². The van der Waals surface area contributed by atoms with Crippen LogP contribution in [0.25, 0.3) is 11.6 Å². The Kier molecular flexibility index (Phi) is 6.25. The highest BCUT2D eigenvalue weighted by Crippen LogP contribution is 2.16. The third-order valence-corrected chi connectivity index (χ3v) is 4.19. The molecule has 0 aliphatic rings. The number of nitrogens with one attached hydrogen (secondary N) is 3. The van der Waals surface area contributed by atoms with Gasteiger partial charge in [-0.1, -0.05) is 36.8 Å². The summed E-state index contributed by atoms with van der Waals surface area (Å²) in [6.07, 6.45) is 1.60. The Morgan fingerprint density at radius 3 is 2.89 bits per heavy atom. The summed E-state index contributed by atoms with van der Waals surface area (Å²) in [5.41, 5.74) is 2.59. The van der Waals surface area contributed by atoms with E-state index in [0.717, 1.165) is 19.0 Å². The summed E-state index contributed by atoms with van der Waals surface area (Å²) in [6.45, 7) is 8.36. The number of nitrogens with zero attached hydrogens (tertiary/aromatic N) is 3. The average Bonchev–Trinajstić information content (AvgIpc) is 3.35. The predicted octanol–water partition coefficient (Wildman–Crippen LogP) is 3.23. The minimum Gasteiger partial charge on any atom is -0.461 e. The molecule has 3 aromatic rings. The van der Waals surface area contributed by atoms with E-state index in [2.05, 4.69) is 68.9 Å². The van der Waals surface area contributed by atoms with Gasteiger partial charge in [-0.2, -0.15) is 0 Å². The molecule has 2 aromatic heterocycles. The number of aliphatic imine (C=N–C) groups is 1. The van der Waals surface area contributed by atoms with Crippen molar-refractivity contribution in [3.8, 4) is 11.6 Å². The van der Waals surface area contributed by atoms with Gasteiger partial charge in [0.25, 0.3) is 0 Å². The molecule has 0 amide bonds. The van der Waals surface area contributed by atoms with Crippen molar-refractivity contribution in [2.45, 2.75) is 33.2 Å². The molecule has 0 spiro atoms. The molecule has 1 aromatic carbocycles. The molecule has 0 saturated heterocycles. The molecule has 1 unspecified atom stereocenters. The van der Waals surface area contributed by atoms with Crippen molar-refractivity contribution in [3.63, 3.8) is 0 Å². The maximum Gasteiger partial charge on any atom is 0.216 e. The maximum absolute atomic E-state index is 5.31. The van der Waals surface area contributed by atoms with Gasteiger partial charge in [0.2, 0.25) is 5.82 Å². The minimum atomic E-state index is 0.379. The molecule has 2 heterocycles. The first-order chi connectivity index (χ1) is 13.2. The zero-order valence-corrected chi connectivity index (χ0v) is 16.0. The standard InChI is InChI=1S/C20H26N6O/c1-4-21-20(22-12-15(3)16-8-5-7-14(2)11-16)23-13-18-24-19(26-25-18)17-9-6-10-27-17/h5-11,15H,4,12-13H2,1-3H3,(H2,21,22,23)(H,24,25,26). The molecule has 0 saturated carbocycles. The number of furan rings is 1. The number of hydrogen-bond donors (Lipinski definition) is 3. The number of guanidine groups is 1. The fourth-order valence-corrected chi connectivity index (χ4v) is 2.72. The maximum atomic E-state index is 5.31. The van der Waals surface area contributed by atoms with Crippen LogP contribution >= 0.6 is 0 Å². The Labute approximate surface area is 159 Å². The normalized spacial score (nSPS) is 12.8. The summed E-state index contributed by atoms with van der Waals surface area (Å²) in [5, 5.41) is 13.7. The van der Waals surface area contributed by atoms with Crippen molar-refractivity contribution in [1.82, 2.24) is 25.8 Å². The summed E-state index contributed by atoms with van der Waals surface area (Å²) >= 11 is 0. The fraction of sp³-hybridized carbons (Fsp3) is 0.350. The molecule has 142 valence electrons. The molecule has 7 nitrogen and oxygen atoms in total. The average molecular weight is 366 g/mol. The van der Waals surface area contributed by atoms with E-state index >= 15 is 0 Å². The summed E-state index contributed by atoms with van der Waals surface area (Å²) < 4.78 is 5.31. The summed E-state index contributed by atoms with van der Waals surface area (Å²) in [6, 6.07) is 12.2. The van der Waals surface area contributed by atoms with Crippen LogP contribution in [-0.2, 0) is 6.54 Å². The van der Waals surface area contributed by atoms with Gasteiger partial charge in [0.1, 0.15) is 12.4 Å². The lowest BCUT2D eigenvalue weighted by molar-refractivity contribution is 0.577. The largest absolute Gasteiger partial charge is 0.461 e. The Morgan fingerprint density at radius 1 is 1.26 bits per heavy atom. The number of rotatable bonds is 7. The van der Waals surface area contributed by atoms with E-state index in [-0.39, 0.29) is 0 Å². The highest BCUT2D eigenvalue weighted by molar-refractivity contribution is 5.79. The van der Waals surface area contributed by atoms with E-state index in [1.165, 1.54) is 11.1 Å². The van der Waals surface area contributed by atoms with Crippen LogP contribution in [0.2, 0.25) is 0 Å². The molecule has 3 N–H and O–H groups in total. The van der Waals surface area contributed by atoms with Gasteiger partial charge in [0, 0.05) is 13.1 Å². The van der Waals surface area contributed by atoms with Gasteiger partial charge in [-0.25, -0.2) is 9.98 Å².